The quantitative estimate of drug-likeness (QED) is 0.836. The average molecular weight is 249 g/mol. The van der Waals surface area contributed by atoms with Crippen LogP contribution in [0.15, 0.2) is 18.2 Å². The lowest BCUT2D eigenvalue weighted by atomic mass is 10.0. The van der Waals surface area contributed by atoms with Gasteiger partial charge in [0, 0.05) is 13.1 Å². The van der Waals surface area contributed by atoms with Crippen molar-refractivity contribution in [3.63, 3.8) is 0 Å². The van der Waals surface area contributed by atoms with Crippen molar-refractivity contribution in [1.29, 1.82) is 0 Å². The summed E-state index contributed by atoms with van der Waals surface area (Å²) < 4.78 is 0. The van der Waals surface area contributed by atoms with Crippen molar-refractivity contribution in [3.8, 4) is 5.75 Å². The van der Waals surface area contributed by atoms with Crippen molar-refractivity contribution in [2.45, 2.75) is 19.3 Å². The first kappa shape index (κ1) is 12.4. The molecule has 2 rings (SSSR count). The maximum atomic E-state index is 12.2. The van der Waals surface area contributed by atoms with Gasteiger partial charge in [-0.3, -0.25) is 4.79 Å². The van der Waals surface area contributed by atoms with Gasteiger partial charge in [0.15, 0.2) is 0 Å². The Morgan fingerprint density at radius 2 is 1.78 bits per heavy atom. The van der Waals surface area contributed by atoms with Crippen LogP contribution in [0.1, 0.15) is 40.0 Å². The van der Waals surface area contributed by atoms with Crippen LogP contribution in [0.4, 0.5) is 0 Å². The van der Waals surface area contributed by atoms with Gasteiger partial charge in [0.2, 0.25) is 0 Å². The molecule has 1 aromatic carbocycles. The monoisotopic (exact) mass is 249 g/mol. The van der Waals surface area contributed by atoms with Gasteiger partial charge in [0.05, 0.1) is 11.1 Å². The van der Waals surface area contributed by atoms with Crippen LogP contribution in [-0.2, 0) is 0 Å². The number of hydrogen-bond acceptors (Lipinski definition) is 3. The molecular formula is C13H15NO4. The summed E-state index contributed by atoms with van der Waals surface area (Å²) >= 11 is 0. The summed E-state index contributed by atoms with van der Waals surface area (Å²) in [5.74, 6) is -1.87. The number of carbonyl (C=O) groups excluding carboxylic acids is 1. The lowest BCUT2D eigenvalue weighted by Gasteiger charge is -2.27. The topological polar surface area (TPSA) is 77.8 Å². The molecule has 1 amide bonds. The second-order valence-corrected chi connectivity index (χ2v) is 4.36. The normalized spacial score (nSPS) is 15.4. The van der Waals surface area contributed by atoms with Gasteiger partial charge in [-0.25, -0.2) is 4.79 Å². The molecule has 5 heteroatoms. The number of likely N-dealkylation sites (tertiary alicyclic amines) is 1. The summed E-state index contributed by atoms with van der Waals surface area (Å²) in [6.07, 6.45) is 2.92. The zero-order valence-electron chi connectivity index (χ0n) is 9.93. The van der Waals surface area contributed by atoms with E-state index in [0.29, 0.717) is 13.1 Å². The van der Waals surface area contributed by atoms with Crippen molar-refractivity contribution in [2.75, 3.05) is 13.1 Å². The fraction of sp³-hybridized carbons (Fsp3) is 0.385. The molecule has 0 bridgehead atoms. The highest BCUT2D eigenvalue weighted by Gasteiger charge is 2.25. The van der Waals surface area contributed by atoms with Crippen LogP contribution in [0.25, 0.3) is 0 Å². The number of aromatic hydroxyl groups is 1. The molecule has 0 saturated carbocycles. The molecule has 2 N–H and O–H groups in total. The molecule has 0 aliphatic carbocycles. The maximum Gasteiger partial charge on any atom is 0.336 e. The first-order chi connectivity index (χ1) is 8.61. The van der Waals surface area contributed by atoms with Gasteiger partial charge < -0.3 is 15.1 Å². The first-order valence-corrected chi connectivity index (χ1v) is 5.96. The number of piperidine rings is 1. The van der Waals surface area contributed by atoms with E-state index in [4.69, 9.17) is 5.11 Å². The molecule has 0 unspecified atom stereocenters. The summed E-state index contributed by atoms with van der Waals surface area (Å²) in [5, 5.41) is 18.8. The van der Waals surface area contributed by atoms with Crippen LogP contribution in [0.5, 0.6) is 5.75 Å². The van der Waals surface area contributed by atoms with Gasteiger partial charge in [-0.15, -0.1) is 0 Å². The number of carboxylic acid groups (broad SMARTS) is 1. The van der Waals surface area contributed by atoms with E-state index < -0.39 is 11.9 Å². The van der Waals surface area contributed by atoms with Gasteiger partial charge >= 0.3 is 5.97 Å². The van der Waals surface area contributed by atoms with Gasteiger partial charge in [-0.2, -0.15) is 0 Å². The third kappa shape index (κ3) is 2.30. The van der Waals surface area contributed by atoms with Crippen LogP contribution in [0, 0.1) is 0 Å². The molecule has 1 saturated heterocycles. The standard InChI is InChI=1S/C13H15NO4/c15-10-6-4-5-9(13(17)18)11(10)12(16)14-7-2-1-3-8-14/h4-6,15H,1-3,7-8H2,(H,17,18). The molecule has 1 aromatic rings. The minimum atomic E-state index is -1.20. The molecular weight excluding hydrogens is 234 g/mol. The third-order valence-electron chi connectivity index (χ3n) is 3.13. The molecule has 96 valence electrons. The van der Waals surface area contributed by atoms with Gasteiger partial charge in [-0.05, 0) is 31.4 Å². The molecule has 1 fully saturated rings. The van der Waals surface area contributed by atoms with Crippen LogP contribution < -0.4 is 0 Å². The molecule has 0 aromatic heterocycles. The highest BCUT2D eigenvalue weighted by atomic mass is 16.4. The molecule has 1 heterocycles. The number of rotatable bonds is 2. The zero-order valence-corrected chi connectivity index (χ0v) is 9.93. The zero-order chi connectivity index (χ0) is 13.1. The predicted octanol–water partition coefficient (Wildman–Crippen LogP) is 1.72. The summed E-state index contributed by atoms with van der Waals surface area (Å²) in [6, 6.07) is 4.09. The van der Waals surface area contributed by atoms with E-state index in [-0.39, 0.29) is 16.9 Å². The first-order valence-electron chi connectivity index (χ1n) is 5.96. The van der Waals surface area contributed by atoms with Crippen molar-refractivity contribution in [3.05, 3.63) is 29.3 Å². The summed E-state index contributed by atoms with van der Waals surface area (Å²) in [7, 11) is 0. The van der Waals surface area contributed by atoms with E-state index in [2.05, 4.69) is 0 Å². The Kier molecular flexibility index (Phi) is 3.50. The molecule has 5 nitrogen and oxygen atoms in total. The Hall–Kier alpha value is -2.04. The van der Waals surface area contributed by atoms with E-state index in [9.17, 15) is 14.7 Å². The lowest BCUT2D eigenvalue weighted by molar-refractivity contribution is 0.0663. The van der Waals surface area contributed by atoms with E-state index >= 15 is 0 Å². The van der Waals surface area contributed by atoms with Crippen LogP contribution >= 0.6 is 0 Å². The van der Waals surface area contributed by atoms with Gasteiger partial charge in [0.1, 0.15) is 5.75 Å². The number of carbonyl (C=O) groups is 2. The number of amides is 1. The Morgan fingerprint density at radius 3 is 2.39 bits per heavy atom. The SMILES string of the molecule is O=C(O)c1cccc(O)c1C(=O)N1CCCCC1. The van der Waals surface area contributed by atoms with Crippen molar-refractivity contribution >= 4 is 11.9 Å². The Labute approximate surface area is 105 Å². The number of hydrogen-bond donors (Lipinski definition) is 2. The van der Waals surface area contributed by atoms with Crippen molar-refractivity contribution in [2.24, 2.45) is 0 Å². The largest absolute Gasteiger partial charge is 0.507 e. The van der Waals surface area contributed by atoms with Crippen molar-refractivity contribution < 1.29 is 19.8 Å². The highest BCUT2D eigenvalue weighted by Crippen LogP contribution is 2.24. The lowest BCUT2D eigenvalue weighted by Crippen LogP contribution is -2.36. The summed E-state index contributed by atoms with van der Waals surface area (Å²) in [4.78, 5) is 24.9. The fourth-order valence-electron chi connectivity index (χ4n) is 2.20. The van der Waals surface area contributed by atoms with E-state index in [1.807, 2.05) is 0 Å². The summed E-state index contributed by atoms with van der Waals surface area (Å²) in [6.45, 7) is 1.23. The second kappa shape index (κ2) is 5.08. The molecule has 1 aliphatic heterocycles. The van der Waals surface area contributed by atoms with E-state index in [0.717, 1.165) is 19.3 Å². The highest BCUT2D eigenvalue weighted by molar-refractivity contribution is 6.06. The predicted molar refractivity (Wildman–Crippen MR) is 64.8 cm³/mol. The van der Waals surface area contributed by atoms with Crippen LogP contribution in [0.3, 0.4) is 0 Å². The molecule has 18 heavy (non-hydrogen) atoms. The number of carboxylic acids is 1. The second-order valence-electron chi connectivity index (χ2n) is 4.36. The van der Waals surface area contributed by atoms with Crippen LogP contribution in [-0.4, -0.2) is 40.1 Å². The number of phenolic OH excluding ortho intramolecular Hbond substituents is 1. The number of phenols is 1. The minimum Gasteiger partial charge on any atom is -0.507 e. The van der Waals surface area contributed by atoms with Crippen LogP contribution in [0.2, 0.25) is 0 Å². The molecule has 0 spiro atoms. The summed E-state index contributed by atoms with van der Waals surface area (Å²) in [5.41, 5.74) is -0.252. The molecule has 1 aliphatic rings. The van der Waals surface area contributed by atoms with Crippen molar-refractivity contribution in [1.82, 2.24) is 4.90 Å². The number of nitrogens with zero attached hydrogens (tertiary/aromatic N) is 1. The molecule has 0 radical (unpaired) electrons. The average Bonchev–Trinajstić information content (AvgIpc) is 2.38. The van der Waals surface area contributed by atoms with Gasteiger partial charge in [0.25, 0.3) is 5.91 Å². The molecule has 0 atom stereocenters. The van der Waals surface area contributed by atoms with E-state index in [1.54, 1.807) is 4.90 Å². The Morgan fingerprint density at radius 1 is 1.11 bits per heavy atom. The Balaban J connectivity index is 2.36. The van der Waals surface area contributed by atoms with E-state index in [1.165, 1.54) is 18.2 Å². The fourth-order valence-corrected chi connectivity index (χ4v) is 2.20. The number of benzene rings is 1. The number of aromatic carboxylic acids is 1. The smallest absolute Gasteiger partial charge is 0.336 e. The van der Waals surface area contributed by atoms with Gasteiger partial charge in [-0.1, -0.05) is 6.07 Å². The maximum absolute atomic E-state index is 12.2. The third-order valence-corrected chi connectivity index (χ3v) is 3.13. The minimum absolute atomic E-state index is 0.105. The Bertz CT molecular complexity index is 478.